The average molecular weight is 165 g/mol. The van der Waals surface area contributed by atoms with Gasteiger partial charge in [0.2, 0.25) is 0 Å². The maximum atomic E-state index is 10.3. The van der Waals surface area contributed by atoms with Crippen molar-refractivity contribution in [3.8, 4) is 0 Å². The monoisotopic (exact) mass is 165 g/mol. The van der Waals surface area contributed by atoms with Gasteiger partial charge in [0.25, 0.3) is 0 Å². The molecule has 0 aliphatic heterocycles. The second kappa shape index (κ2) is 3.76. The highest BCUT2D eigenvalue weighted by Crippen LogP contribution is 2.14. The van der Waals surface area contributed by atoms with Crippen molar-refractivity contribution in [1.82, 2.24) is 0 Å². The molecular weight excluding hydrogens is 154 g/mol. The van der Waals surface area contributed by atoms with E-state index in [4.69, 9.17) is 5.11 Å². The Morgan fingerprint density at radius 1 is 1.50 bits per heavy atom. The molecule has 0 saturated carbocycles. The van der Waals surface area contributed by atoms with E-state index in [9.17, 15) is 4.79 Å². The Kier molecular flexibility index (Phi) is 2.69. The summed E-state index contributed by atoms with van der Waals surface area (Å²) in [6.45, 7) is 1.99. The third-order valence-corrected chi connectivity index (χ3v) is 1.64. The van der Waals surface area contributed by atoms with Gasteiger partial charge in [0.15, 0.2) is 0 Å². The lowest BCUT2D eigenvalue weighted by atomic mass is 10.1. The smallest absolute Gasteiger partial charge is 0.409 e. The van der Waals surface area contributed by atoms with Crippen LogP contribution in [-0.2, 0) is 6.42 Å². The number of aryl methyl sites for hydroxylation is 1. The highest BCUT2D eigenvalue weighted by atomic mass is 16.4. The Morgan fingerprint density at radius 3 is 2.75 bits per heavy atom. The minimum absolute atomic E-state index is 0.674. The molecule has 0 spiro atoms. The van der Waals surface area contributed by atoms with Crippen LogP contribution in [-0.4, -0.2) is 11.2 Å². The molecule has 3 nitrogen and oxygen atoms in total. The van der Waals surface area contributed by atoms with E-state index in [1.165, 1.54) is 0 Å². The average Bonchev–Trinajstić information content (AvgIpc) is 2.04. The molecule has 1 aromatic rings. The molecule has 3 heteroatoms. The fourth-order valence-corrected chi connectivity index (χ4v) is 1.07. The van der Waals surface area contributed by atoms with E-state index in [1.54, 1.807) is 6.07 Å². The first-order chi connectivity index (χ1) is 5.74. The Bertz CT molecular complexity index is 284. The summed E-state index contributed by atoms with van der Waals surface area (Å²) in [7, 11) is 0. The van der Waals surface area contributed by atoms with Crippen molar-refractivity contribution in [2.75, 3.05) is 5.32 Å². The van der Waals surface area contributed by atoms with Gasteiger partial charge < -0.3 is 5.11 Å². The van der Waals surface area contributed by atoms with E-state index in [2.05, 4.69) is 5.32 Å². The van der Waals surface area contributed by atoms with Crippen molar-refractivity contribution in [3.63, 3.8) is 0 Å². The Balaban J connectivity index is 2.89. The van der Waals surface area contributed by atoms with Crippen molar-refractivity contribution < 1.29 is 9.90 Å². The number of amides is 1. The summed E-state index contributed by atoms with van der Waals surface area (Å²) >= 11 is 0. The number of hydrogen-bond donors (Lipinski definition) is 2. The summed E-state index contributed by atoms with van der Waals surface area (Å²) in [4.78, 5) is 10.3. The molecule has 0 unspecified atom stereocenters. The lowest BCUT2D eigenvalue weighted by Crippen LogP contribution is -2.08. The topological polar surface area (TPSA) is 49.3 Å². The minimum atomic E-state index is -1.02. The van der Waals surface area contributed by atoms with E-state index in [-0.39, 0.29) is 0 Å². The number of para-hydroxylation sites is 1. The Labute approximate surface area is 71.0 Å². The predicted octanol–water partition coefficient (Wildman–Crippen LogP) is 2.34. The molecule has 2 N–H and O–H groups in total. The normalized spacial score (nSPS) is 9.42. The van der Waals surface area contributed by atoms with Crippen LogP contribution in [0.1, 0.15) is 12.5 Å². The molecule has 0 atom stereocenters. The van der Waals surface area contributed by atoms with Gasteiger partial charge in [-0.1, -0.05) is 25.1 Å². The lowest BCUT2D eigenvalue weighted by molar-refractivity contribution is 0.209. The molecule has 1 aromatic carbocycles. The van der Waals surface area contributed by atoms with Gasteiger partial charge in [-0.05, 0) is 18.1 Å². The standard InChI is InChI=1S/C9H11NO2/c1-2-7-5-3-4-6-8(7)10-9(11)12/h3-6,10H,2H2,1H3,(H,11,12). The van der Waals surface area contributed by atoms with Crippen LogP contribution >= 0.6 is 0 Å². The molecule has 64 valence electrons. The van der Waals surface area contributed by atoms with Crippen LogP contribution in [0.25, 0.3) is 0 Å². The van der Waals surface area contributed by atoms with Gasteiger partial charge >= 0.3 is 6.09 Å². The summed E-state index contributed by atoms with van der Waals surface area (Å²) < 4.78 is 0. The van der Waals surface area contributed by atoms with Crippen LogP contribution in [0.15, 0.2) is 24.3 Å². The summed E-state index contributed by atoms with van der Waals surface area (Å²) in [5.41, 5.74) is 1.69. The van der Waals surface area contributed by atoms with Crippen LogP contribution < -0.4 is 5.32 Å². The molecule has 0 heterocycles. The zero-order valence-electron chi connectivity index (χ0n) is 6.87. The van der Waals surface area contributed by atoms with Gasteiger partial charge in [0, 0.05) is 5.69 Å². The molecule has 0 saturated heterocycles. The maximum absolute atomic E-state index is 10.3. The Hall–Kier alpha value is -1.51. The number of nitrogens with one attached hydrogen (secondary N) is 1. The molecule has 1 rings (SSSR count). The highest BCUT2D eigenvalue weighted by molar-refractivity contribution is 5.83. The molecule has 0 radical (unpaired) electrons. The number of rotatable bonds is 2. The SMILES string of the molecule is CCc1ccccc1NC(=O)O. The van der Waals surface area contributed by atoms with Gasteiger partial charge in [0.1, 0.15) is 0 Å². The highest BCUT2D eigenvalue weighted by Gasteiger charge is 2.01. The molecule has 0 aromatic heterocycles. The van der Waals surface area contributed by atoms with Crippen LogP contribution in [0.5, 0.6) is 0 Å². The second-order valence-electron chi connectivity index (χ2n) is 2.44. The molecule has 0 bridgehead atoms. The third kappa shape index (κ3) is 1.99. The van der Waals surface area contributed by atoms with Crippen molar-refractivity contribution in [1.29, 1.82) is 0 Å². The predicted molar refractivity (Wildman–Crippen MR) is 47.5 cm³/mol. The first-order valence-electron chi connectivity index (χ1n) is 3.82. The number of carbonyl (C=O) groups is 1. The summed E-state index contributed by atoms with van der Waals surface area (Å²) in [6, 6.07) is 7.37. The molecule has 0 aliphatic carbocycles. The van der Waals surface area contributed by atoms with E-state index in [0.29, 0.717) is 5.69 Å². The van der Waals surface area contributed by atoms with Crippen molar-refractivity contribution >= 4 is 11.8 Å². The number of carboxylic acid groups (broad SMARTS) is 1. The van der Waals surface area contributed by atoms with E-state index < -0.39 is 6.09 Å². The van der Waals surface area contributed by atoms with E-state index in [1.807, 2.05) is 25.1 Å². The van der Waals surface area contributed by atoms with Gasteiger partial charge in [-0.15, -0.1) is 0 Å². The largest absolute Gasteiger partial charge is 0.465 e. The van der Waals surface area contributed by atoms with Crippen LogP contribution in [0.3, 0.4) is 0 Å². The van der Waals surface area contributed by atoms with Crippen LogP contribution in [0.2, 0.25) is 0 Å². The maximum Gasteiger partial charge on any atom is 0.409 e. The number of anilines is 1. The third-order valence-electron chi connectivity index (χ3n) is 1.64. The van der Waals surface area contributed by atoms with Crippen molar-refractivity contribution in [2.45, 2.75) is 13.3 Å². The quantitative estimate of drug-likeness (QED) is 0.706. The molecule has 0 fully saturated rings. The fourth-order valence-electron chi connectivity index (χ4n) is 1.07. The minimum Gasteiger partial charge on any atom is -0.465 e. The summed E-state index contributed by atoms with van der Waals surface area (Å²) in [5.74, 6) is 0. The molecule has 12 heavy (non-hydrogen) atoms. The van der Waals surface area contributed by atoms with Gasteiger partial charge in [-0.25, -0.2) is 4.79 Å². The van der Waals surface area contributed by atoms with E-state index in [0.717, 1.165) is 12.0 Å². The fraction of sp³-hybridized carbons (Fsp3) is 0.222. The Morgan fingerprint density at radius 2 is 2.17 bits per heavy atom. The first kappa shape index (κ1) is 8.59. The summed E-state index contributed by atoms with van der Waals surface area (Å²) in [5, 5.41) is 10.8. The van der Waals surface area contributed by atoms with Crippen LogP contribution in [0, 0.1) is 0 Å². The van der Waals surface area contributed by atoms with Crippen molar-refractivity contribution in [2.24, 2.45) is 0 Å². The lowest BCUT2D eigenvalue weighted by Gasteiger charge is -2.05. The van der Waals surface area contributed by atoms with Gasteiger partial charge in [-0.2, -0.15) is 0 Å². The second-order valence-corrected chi connectivity index (χ2v) is 2.44. The number of hydrogen-bond acceptors (Lipinski definition) is 1. The first-order valence-corrected chi connectivity index (χ1v) is 3.82. The van der Waals surface area contributed by atoms with Crippen LogP contribution in [0.4, 0.5) is 10.5 Å². The zero-order chi connectivity index (χ0) is 8.97. The van der Waals surface area contributed by atoms with Gasteiger partial charge in [-0.3, -0.25) is 5.32 Å². The molecule has 1 amide bonds. The summed E-state index contributed by atoms with van der Waals surface area (Å²) in [6.07, 6.45) is -0.188. The molecular formula is C9H11NO2. The zero-order valence-corrected chi connectivity index (χ0v) is 6.87. The van der Waals surface area contributed by atoms with Crippen molar-refractivity contribution in [3.05, 3.63) is 29.8 Å². The van der Waals surface area contributed by atoms with E-state index >= 15 is 0 Å². The van der Waals surface area contributed by atoms with Gasteiger partial charge in [0.05, 0.1) is 0 Å². The molecule has 0 aliphatic rings. The number of benzene rings is 1.